The van der Waals surface area contributed by atoms with Gasteiger partial charge in [0.05, 0.1) is 6.10 Å². The lowest BCUT2D eigenvalue weighted by atomic mass is 10.1. The number of aliphatic hydroxyl groups is 1. The molecule has 1 heteroatoms. The zero-order chi connectivity index (χ0) is 8.27. The van der Waals surface area contributed by atoms with E-state index in [2.05, 4.69) is 6.58 Å². The van der Waals surface area contributed by atoms with E-state index in [9.17, 15) is 5.11 Å². The molecule has 0 heterocycles. The van der Waals surface area contributed by atoms with Gasteiger partial charge < -0.3 is 5.11 Å². The molecule has 1 N–H and O–H groups in total. The summed E-state index contributed by atoms with van der Waals surface area (Å²) in [5.74, 6) is 0. The molecule has 0 aromatic heterocycles. The summed E-state index contributed by atoms with van der Waals surface area (Å²) in [4.78, 5) is 0. The van der Waals surface area contributed by atoms with Crippen molar-refractivity contribution in [2.24, 2.45) is 0 Å². The Morgan fingerprint density at radius 2 is 2.09 bits per heavy atom. The average Bonchev–Trinajstić information content (AvgIpc) is 2.32. The Kier molecular flexibility index (Phi) is 2.66. The third kappa shape index (κ3) is 1.81. The van der Waals surface area contributed by atoms with Gasteiger partial charge >= 0.3 is 0 Å². The van der Waals surface area contributed by atoms with Crippen LogP contribution in [0.15, 0.2) is 36.0 Å². The van der Waals surface area contributed by atoms with Crippen molar-refractivity contribution in [3.8, 4) is 0 Å². The zero-order valence-corrected chi connectivity index (χ0v) is 6.88. The van der Waals surface area contributed by atoms with Crippen LogP contribution in [-0.2, 0) is 0 Å². The third-order valence-corrected chi connectivity index (χ3v) is 1.94. The Hall–Kier alpha value is -0.820. The van der Waals surface area contributed by atoms with Gasteiger partial charge in [-0.3, -0.25) is 0 Å². The highest BCUT2D eigenvalue weighted by Gasteiger charge is 2.17. The van der Waals surface area contributed by atoms with Crippen LogP contribution in [0.3, 0.4) is 0 Å². The fourth-order valence-corrected chi connectivity index (χ4v) is 1.43. The highest BCUT2D eigenvalue weighted by atomic mass is 16.3. The summed E-state index contributed by atoms with van der Waals surface area (Å²) in [5.41, 5.74) is 2.42. The first kappa shape index (κ1) is 8.28. The number of hydrogen-bond donors (Lipinski definition) is 1. The highest BCUT2D eigenvalue weighted by Crippen LogP contribution is 2.27. The summed E-state index contributed by atoms with van der Waals surface area (Å²) in [6.07, 6.45) is 7.25. The van der Waals surface area contributed by atoms with Gasteiger partial charge in [-0.1, -0.05) is 24.8 Å². The minimum atomic E-state index is -0.186. The van der Waals surface area contributed by atoms with E-state index >= 15 is 0 Å². The van der Waals surface area contributed by atoms with Crippen LogP contribution in [0, 0.1) is 0 Å². The summed E-state index contributed by atoms with van der Waals surface area (Å²) < 4.78 is 0. The van der Waals surface area contributed by atoms with E-state index in [1.54, 1.807) is 0 Å². The van der Waals surface area contributed by atoms with E-state index in [4.69, 9.17) is 0 Å². The molecule has 0 saturated heterocycles. The van der Waals surface area contributed by atoms with E-state index in [-0.39, 0.29) is 6.10 Å². The molecule has 0 bridgehead atoms. The molecule has 0 spiro atoms. The second-order valence-electron chi connectivity index (χ2n) is 2.82. The predicted molar refractivity (Wildman–Crippen MR) is 47.3 cm³/mol. The Bertz CT molecular complexity index is 211. The summed E-state index contributed by atoms with van der Waals surface area (Å²) in [6, 6.07) is 0. The van der Waals surface area contributed by atoms with Crippen molar-refractivity contribution < 1.29 is 5.11 Å². The molecule has 0 fully saturated rings. The first-order valence-electron chi connectivity index (χ1n) is 3.93. The topological polar surface area (TPSA) is 20.2 Å². The first-order chi connectivity index (χ1) is 5.27. The quantitative estimate of drug-likeness (QED) is 0.639. The molecule has 0 aromatic rings. The first-order valence-corrected chi connectivity index (χ1v) is 3.93. The summed E-state index contributed by atoms with van der Waals surface area (Å²) in [5, 5.41) is 9.30. The fraction of sp³-hybridized carbons (Fsp3) is 0.400. The molecular formula is C10H14O. The van der Waals surface area contributed by atoms with Gasteiger partial charge in [-0.25, -0.2) is 0 Å². The van der Waals surface area contributed by atoms with Gasteiger partial charge in [-0.15, -0.1) is 0 Å². The van der Waals surface area contributed by atoms with Gasteiger partial charge in [-0.2, -0.15) is 0 Å². The van der Waals surface area contributed by atoms with Crippen molar-refractivity contribution in [2.75, 3.05) is 0 Å². The average molecular weight is 150 g/mol. The Morgan fingerprint density at radius 3 is 2.64 bits per heavy atom. The lowest BCUT2D eigenvalue weighted by molar-refractivity contribution is 0.187. The molecule has 0 radical (unpaired) electrons. The Morgan fingerprint density at radius 1 is 1.45 bits per heavy atom. The zero-order valence-electron chi connectivity index (χ0n) is 6.88. The molecule has 1 rings (SSSR count). The number of rotatable bonds is 2. The second-order valence-corrected chi connectivity index (χ2v) is 2.82. The summed E-state index contributed by atoms with van der Waals surface area (Å²) in [7, 11) is 0. The Balaban J connectivity index is 2.79. The number of hydrogen-bond acceptors (Lipinski definition) is 1. The number of aliphatic hydroxyl groups excluding tert-OH is 1. The molecule has 0 amide bonds. The van der Waals surface area contributed by atoms with Gasteiger partial charge in [0.15, 0.2) is 0 Å². The van der Waals surface area contributed by atoms with Gasteiger partial charge in [0, 0.05) is 0 Å². The maximum absolute atomic E-state index is 9.30. The van der Waals surface area contributed by atoms with Crippen LogP contribution >= 0.6 is 0 Å². The van der Waals surface area contributed by atoms with Crippen molar-refractivity contribution in [1.82, 2.24) is 0 Å². The molecule has 60 valence electrons. The highest BCUT2D eigenvalue weighted by molar-refractivity contribution is 5.37. The second kappa shape index (κ2) is 3.54. The molecule has 0 aromatic carbocycles. The lowest BCUT2D eigenvalue weighted by Crippen LogP contribution is -1.98. The van der Waals surface area contributed by atoms with Crippen LogP contribution in [0.2, 0.25) is 0 Å². The summed E-state index contributed by atoms with van der Waals surface area (Å²) in [6.45, 7) is 5.69. The Labute approximate surface area is 67.7 Å². The SMILES string of the molecule is C=CC1=C(/C=C\C)CC(O)C1. The fourth-order valence-electron chi connectivity index (χ4n) is 1.43. The molecule has 11 heavy (non-hydrogen) atoms. The summed E-state index contributed by atoms with van der Waals surface area (Å²) >= 11 is 0. The van der Waals surface area contributed by atoms with E-state index in [0.29, 0.717) is 0 Å². The van der Waals surface area contributed by atoms with Gasteiger partial charge in [0.25, 0.3) is 0 Å². The molecule has 1 nitrogen and oxygen atoms in total. The van der Waals surface area contributed by atoms with Crippen LogP contribution in [0.25, 0.3) is 0 Å². The van der Waals surface area contributed by atoms with E-state index in [1.807, 2.05) is 25.2 Å². The van der Waals surface area contributed by atoms with Gasteiger partial charge in [-0.05, 0) is 30.9 Å². The molecule has 0 saturated carbocycles. The van der Waals surface area contributed by atoms with Crippen molar-refractivity contribution >= 4 is 0 Å². The van der Waals surface area contributed by atoms with Crippen LogP contribution < -0.4 is 0 Å². The smallest absolute Gasteiger partial charge is 0.0621 e. The van der Waals surface area contributed by atoms with Crippen LogP contribution in [0.4, 0.5) is 0 Å². The lowest BCUT2D eigenvalue weighted by Gasteiger charge is -1.96. The third-order valence-electron chi connectivity index (χ3n) is 1.94. The normalized spacial score (nSPS) is 25.1. The van der Waals surface area contributed by atoms with Crippen LogP contribution in [-0.4, -0.2) is 11.2 Å². The van der Waals surface area contributed by atoms with Crippen LogP contribution in [0.1, 0.15) is 19.8 Å². The van der Waals surface area contributed by atoms with E-state index in [1.165, 1.54) is 11.1 Å². The van der Waals surface area contributed by atoms with Crippen LogP contribution in [0.5, 0.6) is 0 Å². The van der Waals surface area contributed by atoms with Gasteiger partial charge in [0.1, 0.15) is 0 Å². The molecule has 1 aliphatic rings. The molecule has 0 aliphatic heterocycles. The van der Waals surface area contributed by atoms with Crippen molar-refractivity contribution in [1.29, 1.82) is 0 Å². The minimum Gasteiger partial charge on any atom is -0.392 e. The largest absolute Gasteiger partial charge is 0.392 e. The molecule has 1 atom stereocenters. The monoisotopic (exact) mass is 150 g/mol. The minimum absolute atomic E-state index is 0.186. The molecular weight excluding hydrogens is 136 g/mol. The van der Waals surface area contributed by atoms with Crippen molar-refractivity contribution in [2.45, 2.75) is 25.9 Å². The van der Waals surface area contributed by atoms with Crippen molar-refractivity contribution in [3.63, 3.8) is 0 Å². The van der Waals surface area contributed by atoms with Crippen molar-refractivity contribution in [3.05, 3.63) is 36.0 Å². The maximum atomic E-state index is 9.30. The predicted octanol–water partition coefficient (Wildman–Crippen LogP) is 2.20. The molecule has 1 unspecified atom stereocenters. The standard InChI is InChI=1S/C10H14O/c1-3-5-9-7-10(11)6-8(9)4-2/h3-5,10-11H,2,6-7H2,1H3/b5-3-. The van der Waals surface area contributed by atoms with Gasteiger partial charge in [0.2, 0.25) is 0 Å². The van der Waals surface area contributed by atoms with E-state index < -0.39 is 0 Å². The van der Waals surface area contributed by atoms with E-state index in [0.717, 1.165) is 12.8 Å². The maximum Gasteiger partial charge on any atom is 0.0621 e. The number of allylic oxidation sites excluding steroid dienone is 3. The molecule has 1 aliphatic carbocycles.